The Bertz CT molecular complexity index is 1500. The van der Waals surface area contributed by atoms with Gasteiger partial charge in [0, 0.05) is 24.8 Å². The number of rotatable bonds is 5. The van der Waals surface area contributed by atoms with Gasteiger partial charge >= 0.3 is 0 Å². The fraction of sp³-hybridized carbons (Fsp3) is 0.400. The molecule has 1 saturated heterocycles. The molecule has 1 amide bonds. The lowest BCUT2D eigenvalue weighted by Gasteiger charge is -2.34. The minimum Gasteiger partial charge on any atom is -0.355 e. The maximum absolute atomic E-state index is 13.9. The van der Waals surface area contributed by atoms with Crippen LogP contribution in [0, 0.1) is 33.6 Å². The van der Waals surface area contributed by atoms with Crippen molar-refractivity contribution in [1.82, 2.24) is 9.46 Å². The largest absolute Gasteiger partial charge is 0.355 e. The van der Waals surface area contributed by atoms with Crippen LogP contribution in [0.5, 0.6) is 0 Å². The lowest BCUT2D eigenvalue weighted by Crippen LogP contribution is -2.48. The van der Waals surface area contributed by atoms with Gasteiger partial charge in [-0.15, -0.1) is 0 Å². The molecule has 0 bridgehead atoms. The van der Waals surface area contributed by atoms with Gasteiger partial charge in [-0.3, -0.25) is 4.79 Å². The molecule has 3 heterocycles. The zero-order valence-electron chi connectivity index (χ0n) is 22.7. The second kappa shape index (κ2) is 10.2. The molecule has 5 rings (SSSR count). The van der Waals surface area contributed by atoms with Gasteiger partial charge in [-0.05, 0) is 88.3 Å². The lowest BCUT2D eigenvalue weighted by molar-refractivity contribution is -0.123. The highest BCUT2D eigenvalue weighted by Crippen LogP contribution is 2.36. The normalized spacial score (nSPS) is 20.3. The Labute approximate surface area is 225 Å². The number of hydrogen-bond acceptors (Lipinski definition) is 5. The Morgan fingerprint density at radius 3 is 2.53 bits per heavy atom. The fourth-order valence-electron chi connectivity index (χ4n) is 6.00. The summed E-state index contributed by atoms with van der Waals surface area (Å²) in [5.74, 6) is -0.198. The summed E-state index contributed by atoms with van der Waals surface area (Å²) in [7, 11) is -3.92. The Morgan fingerprint density at radius 2 is 1.79 bits per heavy atom. The molecule has 2 aromatic carbocycles. The molecule has 2 atom stereocenters. The molecule has 1 aromatic heterocycles. The lowest BCUT2D eigenvalue weighted by atomic mass is 9.97. The SMILES string of the molecule is Cc1cc(C)c(/C=C/c2onc(C)c2S(=O)(=O)N2CCC[C@H](C(=O)N3c4ccccc4C[C@@H]3C)C2)c(C)c1. The first-order valence-electron chi connectivity index (χ1n) is 13.2. The number of fused-ring (bicyclic) bond motifs is 1. The summed E-state index contributed by atoms with van der Waals surface area (Å²) in [6.45, 7) is 10.3. The third kappa shape index (κ3) is 4.71. The van der Waals surface area contributed by atoms with E-state index in [0.29, 0.717) is 25.1 Å². The minimum atomic E-state index is -3.92. The predicted octanol–water partition coefficient (Wildman–Crippen LogP) is 5.46. The Morgan fingerprint density at radius 1 is 1.08 bits per heavy atom. The summed E-state index contributed by atoms with van der Waals surface area (Å²) < 4.78 is 34.7. The number of anilines is 1. The van der Waals surface area contributed by atoms with Crippen LogP contribution in [-0.2, 0) is 21.2 Å². The maximum Gasteiger partial charge on any atom is 0.248 e. The first-order valence-corrected chi connectivity index (χ1v) is 14.6. The topological polar surface area (TPSA) is 83.7 Å². The van der Waals surface area contributed by atoms with E-state index in [1.165, 1.54) is 9.87 Å². The number of carbonyl (C=O) groups excluding carboxylic acids is 1. The average Bonchev–Trinajstić information content (AvgIpc) is 3.41. The van der Waals surface area contributed by atoms with Gasteiger partial charge in [-0.25, -0.2) is 8.42 Å². The average molecular weight is 534 g/mol. The molecule has 0 radical (unpaired) electrons. The quantitative estimate of drug-likeness (QED) is 0.435. The molecule has 1 fully saturated rings. The van der Waals surface area contributed by atoms with Crippen LogP contribution < -0.4 is 4.90 Å². The van der Waals surface area contributed by atoms with E-state index in [4.69, 9.17) is 4.52 Å². The van der Waals surface area contributed by atoms with E-state index in [0.717, 1.165) is 34.4 Å². The zero-order valence-corrected chi connectivity index (χ0v) is 23.5. The van der Waals surface area contributed by atoms with Gasteiger partial charge in [0.25, 0.3) is 0 Å². The molecule has 2 aliphatic heterocycles. The summed E-state index contributed by atoms with van der Waals surface area (Å²) in [5, 5.41) is 3.99. The number of sulfonamides is 1. The van der Waals surface area contributed by atoms with Gasteiger partial charge in [-0.2, -0.15) is 4.31 Å². The number of amides is 1. The highest BCUT2D eigenvalue weighted by atomic mass is 32.2. The summed E-state index contributed by atoms with van der Waals surface area (Å²) in [5.41, 5.74) is 6.83. The van der Waals surface area contributed by atoms with E-state index in [9.17, 15) is 13.2 Å². The number of nitrogens with zero attached hydrogens (tertiary/aromatic N) is 3. The van der Waals surface area contributed by atoms with Gasteiger partial charge in [0.2, 0.25) is 15.9 Å². The first kappa shape index (κ1) is 26.4. The molecule has 0 unspecified atom stereocenters. The van der Waals surface area contributed by atoms with E-state index in [2.05, 4.69) is 30.3 Å². The highest BCUT2D eigenvalue weighted by Gasteiger charge is 2.40. The third-order valence-corrected chi connectivity index (χ3v) is 9.77. The second-order valence-corrected chi connectivity index (χ2v) is 12.6. The molecule has 0 N–H and O–H groups in total. The molecule has 2 aliphatic rings. The molecule has 200 valence electrons. The molecule has 8 heteroatoms. The number of aryl methyl sites for hydroxylation is 4. The third-order valence-electron chi connectivity index (χ3n) is 7.75. The Balaban J connectivity index is 1.41. The van der Waals surface area contributed by atoms with Gasteiger partial charge in [0.05, 0.1) is 5.92 Å². The van der Waals surface area contributed by atoms with Crippen LogP contribution in [0.4, 0.5) is 5.69 Å². The minimum absolute atomic E-state index is 0.00479. The Kier molecular flexibility index (Phi) is 7.05. The van der Waals surface area contributed by atoms with Gasteiger partial charge in [0.15, 0.2) is 10.7 Å². The monoisotopic (exact) mass is 533 g/mol. The van der Waals surface area contributed by atoms with Gasteiger partial charge in [0.1, 0.15) is 5.69 Å². The zero-order chi connectivity index (χ0) is 27.2. The predicted molar refractivity (Wildman–Crippen MR) is 149 cm³/mol. The number of carbonyl (C=O) groups is 1. The summed E-state index contributed by atoms with van der Waals surface area (Å²) in [6.07, 6.45) is 5.67. The molecule has 0 saturated carbocycles. The Hall–Kier alpha value is -3.23. The van der Waals surface area contributed by atoms with Crippen LogP contribution in [0.25, 0.3) is 12.2 Å². The maximum atomic E-state index is 13.9. The van der Waals surface area contributed by atoms with Crippen molar-refractivity contribution >= 4 is 33.8 Å². The highest BCUT2D eigenvalue weighted by molar-refractivity contribution is 7.89. The van der Waals surface area contributed by atoms with Crippen molar-refractivity contribution in [2.45, 2.75) is 64.8 Å². The van der Waals surface area contributed by atoms with Crippen molar-refractivity contribution in [1.29, 1.82) is 0 Å². The van der Waals surface area contributed by atoms with Gasteiger partial charge in [-0.1, -0.05) is 47.1 Å². The molecule has 0 aliphatic carbocycles. The standard InChI is InChI=1S/C30H35N3O4S/c1-19-15-20(2)26(21(3)16-19)12-13-28-29(23(5)31-37-28)38(35,36)32-14-8-10-25(18-32)30(34)33-22(4)17-24-9-6-7-11-27(24)33/h6-7,9,11-13,15-16,22,25H,8,10,14,17-18H2,1-5H3/b13-12+/t22-,25-/m0/s1. The van der Waals surface area contributed by atoms with Crippen molar-refractivity contribution in [3.8, 4) is 0 Å². The summed E-state index contributed by atoms with van der Waals surface area (Å²) >= 11 is 0. The van der Waals surface area contributed by atoms with Crippen LogP contribution in [0.3, 0.4) is 0 Å². The van der Waals surface area contributed by atoms with E-state index < -0.39 is 15.9 Å². The molecular weight excluding hydrogens is 498 g/mol. The molecular formula is C30H35N3O4S. The van der Waals surface area contributed by atoms with E-state index >= 15 is 0 Å². The number of para-hydroxylation sites is 1. The smallest absolute Gasteiger partial charge is 0.248 e. The first-order chi connectivity index (χ1) is 18.1. The van der Waals surface area contributed by atoms with Crippen LogP contribution >= 0.6 is 0 Å². The van der Waals surface area contributed by atoms with Gasteiger partial charge < -0.3 is 9.42 Å². The fourth-order valence-corrected chi connectivity index (χ4v) is 7.78. The van der Waals surface area contributed by atoms with E-state index in [-0.39, 0.29) is 29.1 Å². The van der Waals surface area contributed by atoms with Crippen LogP contribution in [-0.4, -0.2) is 42.9 Å². The van der Waals surface area contributed by atoms with Crippen LogP contribution in [0.1, 0.15) is 59.0 Å². The van der Waals surface area contributed by atoms with E-state index in [1.807, 2.05) is 49.9 Å². The molecule has 38 heavy (non-hydrogen) atoms. The van der Waals surface area contributed by atoms with Crippen molar-refractivity contribution in [2.24, 2.45) is 5.92 Å². The van der Waals surface area contributed by atoms with Crippen molar-refractivity contribution in [2.75, 3.05) is 18.0 Å². The van der Waals surface area contributed by atoms with Crippen molar-refractivity contribution in [3.05, 3.63) is 75.7 Å². The van der Waals surface area contributed by atoms with E-state index in [1.54, 1.807) is 13.0 Å². The molecule has 7 nitrogen and oxygen atoms in total. The van der Waals surface area contributed by atoms with Crippen LogP contribution in [0.15, 0.2) is 45.8 Å². The number of piperidine rings is 1. The van der Waals surface area contributed by atoms with Crippen molar-refractivity contribution in [3.63, 3.8) is 0 Å². The number of hydrogen-bond donors (Lipinski definition) is 0. The van der Waals surface area contributed by atoms with Crippen LogP contribution in [0.2, 0.25) is 0 Å². The van der Waals surface area contributed by atoms with Crippen molar-refractivity contribution < 1.29 is 17.7 Å². The summed E-state index contributed by atoms with van der Waals surface area (Å²) in [6, 6.07) is 12.2. The number of aromatic nitrogens is 1. The molecule has 0 spiro atoms. The number of benzene rings is 2. The second-order valence-electron chi connectivity index (χ2n) is 10.7. The molecule has 3 aromatic rings. The summed E-state index contributed by atoms with van der Waals surface area (Å²) in [4.78, 5) is 15.6.